The molecule has 2 aromatic rings. The fraction of sp³-hybridized carbons (Fsp3) is 0.480. The number of benzene rings is 2. The number of unbranched alkanes of at least 4 members (excludes halogenated alkanes) is 1. The molecule has 32 heavy (non-hydrogen) atoms. The van der Waals surface area contributed by atoms with Crippen molar-refractivity contribution >= 4 is 14.6 Å². The molecule has 2 N–H and O–H groups in total. The number of carbonyl (C=O) groups is 1. The van der Waals surface area contributed by atoms with Gasteiger partial charge in [-0.15, -0.1) is 0 Å². The molecule has 0 aliphatic heterocycles. The molecule has 0 aliphatic rings. The van der Waals surface area contributed by atoms with Crippen LogP contribution in [0.5, 0.6) is 11.5 Å². The summed E-state index contributed by atoms with van der Waals surface area (Å²) in [6, 6.07) is 15.1. The van der Waals surface area contributed by atoms with Crippen LogP contribution in [0.4, 0.5) is 0 Å². The molecule has 0 atom stereocenters. The van der Waals surface area contributed by atoms with Crippen molar-refractivity contribution in [1.29, 1.82) is 0 Å². The molecule has 7 heteroatoms. The highest BCUT2D eigenvalue weighted by Crippen LogP contribution is 2.24. The summed E-state index contributed by atoms with van der Waals surface area (Å²) in [6.45, 7) is 9.31. The number of carbonyl (C=O) groups excluding carboxylic acids is 1. The highest BCUT2D eigenvalue weighted by molar-refractivity contribution is 6.60. The number of hydrogen-bond acceptors (Lipinski definition) is 6. The van der Waals surface area contributed by atoms with E-state index in [2.05, 4.69) is 0 Å². The first-order valence-electron chi connectivity index (χ1n) is 11.3. The Morgan fingerprint density at radius 2 is 1.22 bits per heavy atom. The van der Waals surface area contributed by atoms with Gasteiger partial charge < -0.3 is 28.3 Å². The van der Waals surface area contributed by atoms with Crippen molar-refractivity contribution in [2.45, 2.75) is 59.4 Å². The number of phenolic OH excluding ortho intramolecular Hbond substituents is 2. The molecule has 2 aromatic carbocycles. The first-order valence-corrected chi connectivity index (χ1v) is 13.3. The fourth-order valence-electron chi connectivity index (χ4n) is 3.24. The maximum Gasteiger partial charge on any atom is 0.500 e. The first kappa shape index (κ1) is 27.8. The summed E-state index contributed by atoms with van der Waals surface area (Å²) in [7, 11) is -2.48. The monoisotopic (exact) mass is 462 g/mol. The van der Waals surface area contributed by atoms with Gasteiger partial charge in [-0.2, -0.15) is 0 Å². The van der Waals surface area contributed by atoms with Crippen molar-refractivity contribution in [3.63, 3.8) is 0 Å². The maximum absolute atomic E-state index is 10.9. The Morgan fingerprint density at radius 3 is 1.59 bits per heavy atom. The van der Waals surface area contributed by atoms with E-state index in [1.165, 1.54) is 0 Å². The summed E-state index contributed by atoms with van der Waals surface area (Å²) in [5.41, 5.74) is 1.64. The summed E-state index contributed by atoms with van der Waals surface area (Å²) >= 11 is 0. The number of ketones is 1. The summed E-state index contributed by atoms with van der Waals surface area (Å²) in [5, 5.41) is 19.2. The van der Waals surface area contributed by atoms with Crippen molar-refractivity contribution in [2.24, 2.45) is 0 Å². The van der Waals surface area contributed by atoms with E-state index in [0.29, 0.717) is 32.7 Å². The van der Waals surface area contributed by atoms with Gasteiger partial charge >= 0.3 is 8.80 Å². The average molecular weight is 463 g/mol. The molecule has 0 radical (unpaired) electrons. The van der Waals surface area contributed by atoms with Crippen LogP contribution < -0.4 is 0 Å². The topological polar surface area (TPSA) is 85.2 Å². The number of para-hydroxylation sites is 2. The number of aromatic hydroxyl groups is 2. The minimum Gasteiger partial charge on any atom is -0.508 e. The molecule has 0 saturated carbocycles. The Bertz CT molecular complexity index is 735. The van der Waals surface area contributed by atoms with Gasteiger partial charge in [-0.25, -0.2) is 0 Å². The van der Waals surface area contributed by atoms with E-state index < -0.39 is 8.80 Å². The highest BCUT2D eigenvalue weighted by Gasteiger charge is 2.39. The lowest BCUT2D eigenvalue weighted by molar-refractivity contribution is -0.117. The van der Waals surface area contributed by atoms with E-state index in [-0.39, 0.29) is 17.3 Å². The van der Waals surface area contributed by atoms with Crippen molar-refractivity contribution in [2.75, 3.05) is 19.8 Å². The van der Waals surface area contributed by atoms with Crippen LogP contribution in [0, 0.1) is 0 Å². The summed E-state index contributed by atoms with van der Waals surface area (Å²) < 4.78 is 17.2. The van der Waals surface area contributed by atoms with Crippen molar-refractivity contribution < 1.29 is 28.3 Å². The lowest BCUT2D eigenvalue weighted by Crippen LogP contribution is -2.45. The van der Waals surface area contributed by atoms with E-state index in [1.54, 1.807) is 31.2 Å². The summed E-state index contributed by atoms with van der Waals surface area (Å²) in [5.74, 6) is 0.767. The minimum atomic E-state index is -2.48. The lowest BCUT2D eigenvalue weighted by Gasteiger charge is -2.28. The van der Waals surface area contributed by atoms with Crippen molar-refractivity contribution in [3.05, 3.63) is 59.7 Å². The Kier molecular flexibility index (Phi) is 13.6. The quantitative estimate of drug-likeness (QED) is 0.303. The van der Waals surface area contributed by atoms with Gasteiger partial charge in [0.2, 0.25) is 0 Å². The van der Waals surface area contributed by atoms with Crippen LogP contribution in [-0.2, 0) is 24.5 Å². The zero-order valence-electron chi connectivity index (χ0n) is 19.8. The zero-order chi connectivity index (χ0) is 23.8. The molecule has 0 saturated heterocycles. The largest absolute Gasteiger partial charge is 0.508 e. The Labute approximate surface area is 193 Å². The third-order valence-electron chi connectivity index (χ3n) is 4.72. The second-order valence-corrected chi connectivity index (χ2v) is 10.1. The van der Waals surface area contributed by atoms with Crippen LogP contribution in [0.1, 0.15) is 58.1 Å². The first-order chi connectivity index (χ1) is 15.4. The Hall–Kier alpha value is -2.19. The van der Waals surface area contributed by atoms with Crippen LogP contribution in [0.3, 0.4) is 0 Å². The summed E-state index contributed by atoms with van der Waals surface area (Å²) in [6.07, 6.45) is 2.98. The van der Waals surface area contributed by atoms with Gasteiger partial charge in [0.15, 0.2) is 0 Å². The minimum absolute atomic E-state index is 0.237. The predicted octanol–water partition coefficient (Wildman–Crippen LogP) is 5.48. The van der Waals surface area contributed by atoms with Gasteiger partial charge in [-0.1, -0.05) is 36.4 Å². The fourth-order valence-corrected chi connectivity index (χ4v) is 5.93. The molecule has 0 heterocycles. The SMILES string of the molecule is CCO[Si](CCCCC(C)=O)(OCC)OCC.Oc1ccccc1Cc1ccccc1O. The van der Waals surface area contributed by atoms with E-state index in [9.17, 15) is 15.0 Å². The molecule has 0 aliphatic carbocycles. The number of phenols is 2. The van der Waals surface area contributed by atoms with E-state index in [1.807, 2.05) is 45.0 Å². The highest BCUT2D eigenvalue weighted by atomic mass is 28.4. The van der Waals surface area contributed by atoms with Gasteiger partial charge in [-0.05, 0) is 63.8 Å². The van der Waals surface area contributed by atoms with Crippen LogP contribution in [0.2, 0.25) is 6.04 Å². The van der Waals surface area contributed by atoms with Gasteiger partial charge in [0.05, 0.1) is 0 Å². The number of Topliss-reactive ketones (excluding diaryl/α,β-unsaturated/α-hetero) is 1. The van der Waals surface area contributed by atoms with Gasteiger partial charge in [-0.3, -0.25) is 0 Å². The van der Waals surface area contributed by atoms with Crippen LogP contribution in [0.25, 0.3) is 0 Å². The zero-order valence-corrected chi connectivity index (χ0v) is 20.8. The molecule has 178 valence electrons. The van der Waals surface area contributed by atoms with Crippen molar-refractivity contribution in [3.8, 4) is 11.5 Å². The molecule has 0 aromatic heterocycles. The normalized spacial score (nSPS) is 11.0. The Balaban J connectivity index is 0.000000321. The standard InChI is InChI=1S/C13H12O2.C12H26O4Si/c14-12-7-3-1-5-10(12)9-11-6-2-4-8-13(11)15;1-5-14-17(15-6-2,16-7-3)11-9-8-10-12(4)13/h1-8,14-15H,9H2;5-11H2,1-4H3. The van der Waals surface area contributed by atoms with E-state index in [0.717, 1.165) is 30.0 Å². The van der Waals surface area contributed by atoms with Crippen molar-refractivity contribution in [1.82, 2.24) is 0 Å². The van der Waals surface area contributed by atoms with Gasteiger partial charge in [0.25, 0.3) is 0 Å². The molecule has 0 spiro atoms. The molecule has 0 amide bonds. The molecule has 2 rings (SSSR count). The van der Waals surface area contributed by atoms with Gasteiger partial charge in [0, 0.05) is 38.7 Å². The predicted molar refractivity (Wildman–Crippen MR) is 129 cm³/mol. The molecular weight excluding hydrogens is 424 g/mol. The molecule has 0 unspecified atom stereocenters. The third-order valence-corrected chi connectivity index (χ3v) is 7.87. The van der Waals surface area contributed by atoms with Crippen LogP contribution >= 0.6 is 0 Å². The lowest BCUT2D eigenvalue weighted by atomic mass is 10.0. The third kappa shape index (κ3) is 10.4. The second-order valence-electron chi connectivity index (χ2n) is 7.33. The average Bonchev–Trinajstić information content (AvgIpc) is 2.75. The molecule has 0 bridgehead atoms. The molecular formula is C25H38O6Si. The molecule has 0 fully saturated rings. The maximum atomic E-state index is 10.9. The van der Waals surface area contributed by atoms with E-state index in [4.69, 9.17) is 13.3 Å². The molecule has 6 nitrogen and oxygen atoms in total. The second kappa shape index (κ2) is 15.6. The van der Waals surface area contributed by atoms with Gasteiger partial charge in [0.1, 0.15) is 17.3 Å². The number of hydrogen-bond donors (Lipinski definition) is 2. The smallest absolute Gasteiger partial charge is 0.500 e. The Morgan fingerprint density at radius 1 is 0.781 bits per heavy atom. The number of rotatable bonds is 13. The van der Waals surface area contributed by atoms with E-state index >= 15 is 0 Å². The summed E-state index contributed by atoms with van der Waals surface area (Å²) in [4.78, 5) is 10.9. The van der Waals surface area contributed by atoms with Crippen LogP contribution in [0.15, 0.2) is 48.5 Å². The van der Waals surface area contributed by atoms with Crippen LogP contribution in [-0.4, -0.2) is 44.6 Å².